The van der Waals surface area contributed by atoms with Crippen LogP contribution in [0.15, 0.2) is 30.3 Å². The second kappa shape index (κ2) is 5.79. The maximum atomic E-state index is 12.5. The first kappa shape index (κ1) is 14.6. The van der Waals surface area contributed by atoms with Crippen molar-refractivity contribution in [3.63, 3.8) is 0 Å². The Labute approximate surface area is 129 Å². The summed E-state index contributed by atoms with van der Waals surface area (Å²) < 4.78 is 0. The molecule has 22 heavy (non-hydrogen) atoms. The lowest BCUT2D eigenvalue weighted by Crippen LogP contribution is -2.52. The van der Waals surface area contributed by atoms with E-state index in [1.807, 2.05) is 30.3 Å². The maximum absolute atomic E-state index is 12.5. The van der Waals surface area contributed by atoms with Crippen LogP contribution in [-0.2, 0) is 14.4 Å². The molecule has 1 atom stereocenters. The first-order valence-electron chi connectivity index (χ1n) is 7.47. The van der Waals surface area contributed by atoms with E-state index in [-0.39, 0.29) is 24.3 Å². The maximum Gasteiger partial charge on any atom is 0.241 e. The number of piperazine rings is 1. The summed E-state index contributed by atoms with van der Waals surface area (Å²) in [7, 11) is 1.72. The highest BCUT2D eigenvalue weighted by molar-refractivity contribution is 6.10. The van der Waals surface area contributed by atoms with Gasteiger partial charge in [0.25, 0.3) is 0 Å². The molecule has 2 fully saturated rings. The molecule has 2 aliphatic rings. The zero-order valence-electron chi connectivity index (χ0n) is 12.6. The molecule has 6 nitrogen and oxygen atoms in total. The highest BCUT2D eigenvalue weighted by Gasteiger charge is 2.40. The lowest BCUT2D eigenvalue weighted by Gasteiger charge is -2.33. The minimum atomic E-state index is -0.656. The molecule has 0 bridgehead atoms. The minimum Gasteiger partial charge on any atom is -0.342 e. The molecule has 2 heterocycles. The van der Waals surface area contributed by atoms with E-state index in [1.165, 1.54) is 4.90 Å². The topological polar surface area (TPSA) is 60.9 Å². The van der Waals surface area contributed by atoms with Gasteiger partial charge >= 0.3 is 0 Å². The number of nitrogens with zero attached hydrogens (tertiary/aromatic N) is 3. The summed E-state index contributed by atoms with van der Waals surface area (Å²) in [6.07, 6.45) is 0.507. The number of likely N-dealkylation sites (N-methyl/N-ethyl adjacent to an activating group) is 1. The summed E-state index contributed by atoms with van der Waals surface area (Å²) in [6, 6.07) is 9.37. The molecule has 116 valence electrons. The molecule has 0 aromatic heterocycles. The van der Waals surface area contributed by atoms with Crippen LogP contribution >= 0.6 is 0 Å². The molecular weight excluding hydrogens is 282 g/mol. The Hall–Kier alpha value is -2.37. The fraction of sp³-hybridized carbons (Fsp3) is 0.438. The quantitative estimate of drug-likeness (QED) is 0.740. The van der Waals surface area contributed by atoms with E-state index in [4.69, 9.17) is 0 Å². The zero-order valence-corrected chi connectivity index (χ0v) is 12.6. The van der Waals surface area contributed by atoms with Gasteiger partial charge in [0.15, 0.2) is 0 Å². The van der Waals surface area contributed by atoms with Crippen molar-refractivity contribution in [2.45, 2.75) is 6.42 Å². The van der Waals surface area contributed by atoms with Crippen molar-refractivity contribution in [1.29, 1.82) is 0 Å². The van der Waals surface area contributed by atoms with Crippen molar-refractivity contribution in [3.8, 4) is 0 Å². The lowest BCUT2D eigenvalue weighted by atomic mass is 10.1. The Bertz CT molecular complexity index is 602. The van der Waals surface area contributed by atoms with Gasteiger partial charge in [-0.1, -0.05) is 18.2 Å². The lowest BCUT2D eigenvalue weighted by molar-refractivity contribution is -0.148. The molecular formula is C16H19N3O3. The second-order valence-electron chi connectivity index (χ2n) is 5.74. The van der Waals surface area contributed by atoms with Crippen molar-refractivity contribution in [1.82, 2.24) is 9.80 Å². The van der Waals surface area contributed by atoms with Crippen LogP contribution in [0.5, 0.6) is 0 Å². The SMILES string of the molecule is CN1CCN(C(=O)[C@@H]2CCN(c3ccccc3)C2=O)CC1=O. The average Bonchev–Trinajstić information content (AvgIpc) is 2.92. The van der Waals surface area contributed by atoms with Crippen molar-refractivity contribution in [2.75, 3.05) is 38.1 Å². The first-order chi connectivity index (χ1) is 10.6. The molecule has 3 amide bonds. The van der Waals surface area contributed by atoms with Crippen molar-refractivity contribution >= 4 is 23.4 Å². The van der Waals surface area contributed by atoms with Gasteiger partial charge in [0.2, 0.25) is 17.7 Å². The molecule has 0 radical (unpaired) electrons. The van der Waals surface area contributed by atoms with Gasteiger partial charge in [-0.15, -0.1) is 0 Å². The highest BCUT2D eigenvalue weighted by atomic mass is 16.2. The number of para-hydroxylation sites is 1. The summed E-state index contributed by atoms with van der Waals surface area (Å²) >= 11 is 0. The Morgan fingerprint density at radius 1 is 1.09 bits per heavy atom. The molecule has 1 aromatic rings. The monoisotopic (exact) mass is 301 g/mol. The number of benzene rings is 1. The third-order valence-corrected chi connectivity index (χ3v) is 4.34. The number of hydrogen-bond donors (Lipinski definition) is 0. The van der Waals surface area contributed by atoms with E-state index in [1.54, 1.807) is 16.8 Å². The van der Waals surface area contributed by atoms with E-state index >= 15 is 0 Å². The van der Waals surface area contributed by atoms with Gasteiger partial charge < -0.3 is 14.7 Å². The number of anilines is 1. The number of hydrogen-bond acceptors (Lipinski definition) is 3. The van der Waals surface area contributed by atoms with Gasteiger partial charge in [0.1, 0.15) is 5.92 Å². The smallest absolute Gasteiger partial charge is 0.241 e. The van der Waals surface area contributed by atoms with E-state index in [2.05, 4.69) is 0 Å². The van der Waals surface area contributed by atoms with E-state index < -0.39 is 5.92 Å². The molecule has 0 aliphatic carbocycles. The van der Waals surface area contributed by atoms with Crippen molar-refractivity contribution in [3.05, 3.63) is 30.3 Å². The highest BCUT2D eigenvalue weighted by Crippen LogP contribution is 2.26. The summed E-state index contributed by atoms with van der Waals surface area (Å²) in [6.45, 7) is 1.63. The van der Waals surface area contributed by atoms with Crippen LogP contribution < -0.4 is 4.90 Å². The van der Waals surface area contributed by atoms with Crippen LogP contribution in [0.1, 0.15) is 6.42 Å². The largest absolute Gasteiger partial charge is 0.342 e. The van der Waals surface area contributed by atoms with Gasteiger partial charge in [0, 0.05) is 32.4 Å². The first-order valence-corrected chi connectivity index (χ1v) is 7.47. The van der Waals surface area contributed by atoms with Crippen molar-refractivity contribution in [2.24, 2.45) is 5.92 Å². The van der Waals surface area contributed by atoms with Gasteiger partial charge in [-0.05, 0) is 18.6 Å². The fourth-order valence-electron chi connectivity index (χ4n) is 2.94. The summed E-state index contributed by atoms with van der Waals surface area (Å²) in [5.74, 6) is -1.12. The minimum absolute atomic E-state index is 0.0739. The third-order valence-electron chi connectivity index (χ3n) is 4.34. The fourth-order valence-corrected chi connectivity index (χ4v) is 2.94. The van der Waals surface area contributed by atoms with Crippen LogP contribution in [-0.4, -0.2) is 60.7 Å². The number of carbonyl (C=O) groups is 3. The summed E-state index contributed by atoms with van der Waals surface area (Å²) in [5.41, 5.74) is 0.817. The molecule has 3 rings (SSSR count). The van der Waals surface area contributed by atoms with E-state index in [0.29, 0.717) is 26.1 Å². The van der Waals surface area contributed by atoms with Crippen LogP contribution in [0.3, 0.4) is 0 Å². The standard InChI is InChI=1S/C16H19N3O3/c1-17-9-10-18(11-14(17)20)15(21)13-7-8-19(16(13)22)12-5-3-2-4-6-12/h2-6,13H,7-11H2,1H3/t13-/m0/s1. The second-order valence-corrected chi connectivity index (χ2v) is 5.74. The van der Waals surface area contributed by atoms with Gasteiger partial charge in [-0.25, -0.2) is 0 Å². The van der Waals surface area contributed by atoms with E-state index in [0.717, 1.165) is 5.69 Å². The Morgan fingerprint density at radius 3 is 2.50 bits per heavy atom. The predicted octanol–water partition coefficient (Wildman–Crippen LogP) is 0.340. The van der Waals surface area contributed by atoms with Crippen molar-refractivity contribution < 1.29 is 14.4 Å². The average molecular weight is 301 g/mol. The van der Waals surface area contributed by atoms with Gasteiger partial charge in [-0.3, -0.25) is 14.4 Å². The molecule has 0 spiro atoms. The summed E-state index contributed by atoms with van der Waals surface area (Å²) in [5, 5.41) is 0. The number of rotatable bonds is 2. The molecule has 0 saturated carbocycles. The van der Waals surface area contributed by atoms with Crippen LogP contribution in [0.4, 0.5) is 5.69 Å². The Balaban J connectivity index is 1.70. The molecule has 0 unspecified atom stereocenters. The van der Waals surface area contributed by atoms with Crippen LogP contribution in [0.2, 0.25) is 0 Å². The zero-order chi connectivity index (χ0) is 15.7. The van der Waals surface area contributed by atoms with Crippen LogP contribution in [0.25, 0.3) is 0 Å². The molecule has 1 aromatic carbocycles. The molecule has 2 saturated heterocycles. The van der Waals surface area contributed by atoms with Crippen LogP contribution in [0, 0.1) is 5.92 Å². The predicted molar refractivity (Wildman–Crippen MR) is 81.1 cm³/mol. The summed E-state index contributed by atoms with van der Waals surface area (Å²) in [4.78, 5) is 41.6. The Morgan fingerprint density at radius 2 is 1.82 bits per heavy atom. The van der Waals surface area contributed by atoms with Gasteiger partial charge in [-0.2, -0.15) is 0 Å². The molecule has 2 aliphatic heterocycles. The van der Waals surface area contributed by atoms with Gasteiger partial charge in [0.05, 0.1) is 6.54 Å². The number of carbonyl (C=O) groups excluding carboxylic acids is 3. The normalized spacial score (nSPS) is 22.4. The molecule has 6 heteroatoms. The molecule has 0 N–H and O–H groups in total. The van der Waals surface area contributed by atoms with E-state index in [9.17, 15) is 14.4 Å². The third kappa shape index (κ3) is 2.56. The number of amides is 3. The Kier molecular flexibility index (Phi) is 3.83.